The third-order valence-corrected chi connectivity index (χ3v) is 16.1. The highest BCUT2D eigenvalue weighted by Crippen LogP contribution is 2.38. The number of allylic oxidation sites excluding steroid dienone is 21. The van der Waals surface area contributed by atoms with Crippen molar-refractivity contribution in [2.45, 2.75) is 302 Å². The molecule has 0 rings (SSSR count). The van der Waals surface area contributed by atoms with E-state index in [9.17, 15) is 19.4 Å². The maximum atomic E-state index is 13.0. The molecule has 0 bridgehead atoms. The van der Waals surface area contributed by atoms with Gasteiger partial charge in [-0.2, -0.15) is 0 Å². The maximum Gasteiger partial charge on any atom is 0.268 e. The Bertz CT molecular complexity index is 1850. The minimum atomic E-state index is -4.61. The normalized spacial score (nSPS) is 14.5. The lowest BCUT2D eigenvalue weighted by Crippen LogP contribution is -2.45. The van der Waals surface area contributed by atoms with Crippen molar-refractivity contribution in [1.82, 2.24) is 5.32 Å². The van der Waals surface area contributed by atoms with E-state index < -0.39 is 20.0 Å². The van der Waals surface area contributed by atoms with E-state index in [0.29, 0.717) is 17.4 Å². The largest absolute Gasteiger partial charge is 0.756 e. The number of nitrogens with one attached hydrogen (secondary N) is 1. The third-order valence-electron chi connectivity index (χ3n) is 15.1. The highest BCUT2D eigenvalue weighted by molar-refractivity contribution is 7.45. The van der Waals surface area contributed by atoms with Gasteiger partial charge in [0.25, 0.3) is 7.82 Å². The second kappa shape index (κ2) is 65.1. The first-order chi connectivity index (χ1) is 41.5. The number of phosphoric acid groups is 1. The van der Waals surface area contributed by atoms with Crippen LogP contribution in [0.3, 0.4) is 0 Å². The minimum absolute atomic E-state index is 0.00696. The molecule has 0 aliphatic rings. The van der Waals surface area contributed by atoms with E-state index in [4.69, 9.17) is 9.05 Å². The minimum Gasteiger partial charge on any atom is -0.756 e. The molecule has 0 fully saturated rings. The number of hydrogen-bond donors (Lipinski definition) is 2. The molecule has 0 heterocycles. The smallest absolute Gasteiger partial charge is 0.268 e. The molecule has 0 aliphatic carbocycles. The Morgan fingerprint density at radius 1 is 0.424 bits per heavy atom. The average molecular weight is 1200 g/mol. The Morgan fingerprint density at radius 2 is 0.718 bits per heavy atom. The lowest BCUT2D eigenvalue weighted by molar-refractivity contribution is -0.870. The standard InChI is InChI=1S/C76H133N2O6P/c1-6-8-10-12-14-16-18-20-22-24-26-28-30-31-32-33-34-35-36-37-38-39-40-41-42-43-44-45-46-47-48-50-52-54-56-58-60-62-64-66-68-70-76(80)77-74(73-84-85(81,82)83-72-71-78(3,4)5)75(79)69-67-65-63-61-59-57-55-53-51-49-29-27-25-23-21-19-17-15-13-11-9-7-2/h8,10,14,16,20,22,26,28,31-32,34-35,37-38,40-41,43-44,46-47,67,69,74-75,79H,6-7,9,11-13,15,17-19,21,23-25,27,29-30,33,36,39,42,45,48-66,68,70-73H2,1-5H3,(H-,77,80,81,82)/b10-8-,16-14-,22-20-,28-26-,32-31-,35-34-,38-37-,41-40-,44-43-,47-46-,69-67+. The molecule has 0 radical (unpaired) electrons. The number of unbranched alkanes of at least 4 members (excludes halogenated alkanes) is 30. The summed E-state index contributed by atoms with van der Waals surface area (Å²) in [4.78, 5) is 25.6. The van der Waals surface area contributed by atoms with Crippen LogP contribution in [0.5, 0.6) is 0 Å². The lowest BCUT2D eigenvalue weighted by atomic mass is 10.0. The number of amides is 1. The summed E-state index contributed by atoms with van der Waals surface area (Å²) in [5.74, 6) is -0.204. The van der Waals surface area contributed by atoms with Crippen LogP contribution in [0.4, 0.5) is 0 Å². The van der Waals surface area contributed by atoms with Crippen LogP contribution in [0.1, 0.15) is 290 Å². The zero-order valence-electron chi connectivity index (χ0n) is 55.8. The fraction of sp³-hybridized carbons (Fsp3) is 0.697. The number of rotatable bonds is 63. The van der Waals surface area contributed by atoms with Gasteiger partial charge in [0.1, 0.15) is 13.2 Å². The number of phosphoric ester groups is 1. The zero-order valence-corrected chi connectivity index (χ0v) is 56.7. The van der Waals surface area contributed by atoms with Gasteiger partial charge in [-0.05, 0) is 96.3 Å². The van der Waals surface area contributed by atoms with Crippen molar-refractivity contribution >= 4 is 13.7 Å². The number of quaternary nitrogens is 1. The highest BCUT2D eigenvalue weighted by Gasteiger charge is 2.23. The number of carbonyl (C=O) groups is 1. The molecule has 9 heteroatoms. The Morgan fingerprint density at radius 3 is 1.05 bits per heavy atom. The summed E-state index contributed by atoms with van der Waals surface area (Å²) in [5.41, 5.74) is 0. The van der Waals surface area contributed by atoms with Crippen molar-refractivity contribution in [3.63, 3.8) is 0 Å². The van der Waals surface area contributed by atoms with Gasteiger partial charge in [0.15, 0.2) is 0 Å². The highest BCUT2D eigenvalue weighted by atomic mass is 31.2. The van der Waals surface area contributed by atoms with Gasteiger partial charge in [0, 0.05) is 6.42 Å². The van der Waals surface area contributed by atoms with Crippen LogP contribution in [0.25, 0.3) is 0 Å². The summed E-state index contributed by atoms with van der Waals surface area (Å²) < 4.78 is 23.4. The van der Waals surface area contributed by atoms with Crippen molar-refractivity contribution in [3.05, 3.63) is 134 Å². The fourth-order valence-corrected chi connectivity index (χ4v) is 10.4. The average Bonchev–Trinajstić information content (AvgIpc) is 3.48. The molecule has 488 valence electrons. The Hall–Kier alpha value is -3.36. The molecule has 85 heavy (non-hydrogen) atoms. The molecular weight excluding hydrogens is 1070 g/mol. The molecule has 0 aromatic heterocycles. The molecule has 1 amide bonds. The first kappa shape index (κ1) is 81.6. The van der Waals surface area contributed by atoms with Gasteiger partial charge < -0.3 is 28.8 Å². The lowest BCUT2D eigenvalue weighted by Gasteiger charge is -2.29. The van der Waals surface area contributed by atoms with Crippen molar-refractivity contribution in [2.24, 2.45) is 0 Å². The van der Waals surface area contributed by atoms with Gasteiger partial charge in [0.2, 0.25) is 5.91 Å². The topological polar surface area (TPSA) is 108 Å². The van der Waals surface area contributed by atoms with Crippen LogP contribution in [-0.4, -0.2) is 68.5 Å². The molecule has 0 spiro atoms. The van der Waals surface area contributed by atoms with Gasteiger partial charge in [-0.25, -0.2) is 0 Å². The Balaban J connectivity index is 4.11. The number of aliphatic hydroxyl groups is 1. The van der Waals surface area contributed by atoms with E-state index in [1.807, 2.05) is 27.2 Å². The molecular formula is C76H133N2O6P. The summed E-state index contributed by atoms with van der Waals surface area (Å²) >= 11 is 0. The molecule has 8 nitrogen and oxygen atoms in total. The van der Waals surface area contributed by atoms with Crippen molar-refractivity contribution in [2.75, 3.05) is 40.9 Å². The number of likely N-dealkylation sites (N-methyl/N-ethyl adjacent to an activating group) is 1. The van der Waals surface area contributed by atoms with Gasteiger partial charge in [-0.1, -0.05) is 321 Å². The van der Waals surface area contributed by atoms with Crippen LogP contribution in [0, 0.1) is 0 Å². The molecule has 2 N–H and O–H groups in total. The quantitative estimate of drug-likeness (QED) is 0.0272. The van der Waals surface area contributed by atoms with Crippen LogP contribution in [0.2, 0.25) is 0 Å². The van der Waals surface area contributed by atoms with Gasteiger partial charge >= 0.3 is 0 Å². The summed E-state index contributed by atoms with van der Waals surface area (Å²) in [6.45, 7) is 4.55. The SMILES string of the molecule is CC/C=C\C/C=C\C/C=C\C/C=C\C/C=C\C/C=C\C/C=C\C/C=C\C/C=C\C/C=C\CCCCCCCCCCCCC(=O)NC(COP(=O)([O-])OCC[N+](C)(C)C)C(O)/C=C/CCCCCCCCCCCCCCCCCCCCCC. The fourth-order valence-electron chi connectivity index (χ4n) is 9.71. The zero-order chi connectivity index (χ0) is 61.9. The molecule has 0 aromatic rings. The van der Waals surface area contributed by atoms with E-state index in [1.54, 1.807) is 6.08 Å². The second-order valence-electron chi connectivity index (χ2n) is 24.5. The second-order valence-corrected chi connectivity index (χ2v) is 25.9. The number of aliphatic hydroxyl groups excluding tert-OH is 1. The van der Waals surface area contributed by atoms with E-state index in [1.165, 1.54) is 161 Å². The monoisotopic (exact) mass is 1200 g/mol. The molecule has 0 saturated carbocycles. The van der Waals surface area contributed by atoms with Crippen LogP contribution in [0.15, 0.2) is 134 Å². The van der Waals surface area contributed by atoms with E-state index in [0.717, 1.165) is 109 Å². The van der Waals surface area contributed by atoms with Gasteiger partial charge in [-0.3, -0.25) is 9.36 Å². The summed E-state index contributed by atoms with van der Waals surface area (Å²) in [6.07, 6.45) is 98.4. The number of carbonyl (C=O) groups excluding carboxylic acids is 1. The number of nitrogens with zero attached hydrogens (tertiary/aromatic N) is 1. The molecule has 0 aromatic carbocycles. The van der Waals surface area contributed by atoms with Crippen LogP contribution < -0.4 is 10.2 Å². The predicted molar refractivity (Wildman–Crippen MR) is 371 cm³/mol. The summed E-state index contributed by atoms with van der Waals surface area (Å²) in [7, 11) is 1.25. The Kier molecular flexibility index (Phi) is 62.5. The van der Waals surface area contributed by atoms with Crippen molar-refractivity contribution in [1.29, 1.82) is 0 Å². The summed E-state index contributed by atoms with van der Waals surface area (Å²) in [5, 5.41) is 14.0. The maximum absolute atomic E-state index is 13.0. The van der Waals surface area contributed by atoms with E-state index in [-0.39, 0.29) is 19.1 Å². The van der Waals surface area contributed by atoms with Crippen LogP contribution in [-0.2, 0) is 18.4 Å². The molecule has 0 aliphatic heterocycles. The van der Waals surface area contributed by atoms with Crippen LogP contribution >= 0.6 is 7.82 Å². The molecule has 0 saturated heterocycles. The Labute approximate surface area is 526 Å². The summed E-state index contributed by atoms with van der Waals surface area (Å²) in [6, 6.07) is -0.899. The van der Waals surface area contributed by atoms with Gasteiger partial charge in [-0.15, -0.1) is 0 Å². The number of hydrogen-bond acceptors (Lipinski definition) is 6. The predicted octanol–water partition coefficient (Wildman–Crippen LogP) is 22.0. The molecule has 3 atom stereocenters. The third kappa shape index (κ3) is 68.0. The van der Waals surface area contributed by atoms with Crippen molar-refractivity contribution in [3.8, 4) is 0 Å². The van der Waals surface area contributed by atoms with E-state index in [2.05, 4.69) is 141 Å². The van der Waals surface area contributed by atoms with Gasteiger partial charge in [0.05, 0.1) is 39.9 Å². The first-order valence-corrected chi connectivity index (χ1v) is 36.5. The molecule has 3 unspecified atom stereocenters. The van der Waals surface area contributed by atoms with Crippen molar-refractivity contribution < 1.29 is 32.9 Å². The first-order valence-electron chi connectivity index (χ1n) is 35.0. The van der Waals surface area contributed by atoms with E-state index >= 15 is 0 Å².